The zero-order valence-corrected chi connectivity index (χ0v) is 8.25. The molecule has 0 aromatic rings. The molecular formula is C10H18N2. The Morgan fingerprint density at radius 3 is 2.67 bits per heavy atom. The van der Waals surface area contributed by atoms with Crippen LogP contribution in [-0.2, 0) is 0 Å². The van der Waals surface area contributed by atoms with Gasteiger partial charge in [-0.2, -0.15) is 5.26 Å². The molecule has 68 valence electrons. The summed E-state index contributed by atoms with van der Waals surface area (Å²) in [5.41, 5.74) is 0. The van der Waals surface area contributed by atoms with E-state index >= 15 is 0 Å². The number of hydrogen-bond donors (Lipinski definition) is 0. The van der Waals surface area contributed by atoms with Crippen molar-refractivity contribution in [2.24, 2.45) is 5.92 Å². The molecule has 0 bridgehead atoms. The van der Waals surface area contributed by atoms with Crippen LogP contribution in [0.4, 0.5) is 0 Å². The fourth-order valence-electron chi connectivity index (χ4n) is 2.15. The van der Waals surface area contributed by atoms with Crippen LogP contribution in [0, 0.1) is 17.2 Å². The van der Waals surface area contributed by atoms with Gasteiger partial charge in [-0.1, -0.05) is 0 Å². The Kier molecular flexibility index (Phi) is 3.11. The van der Waals surface area contributed by atoms with Gasteiger partial charge in [0, 0.05) is 18.5 Å². The van der Waals surface area contributed by atoms with E-state index in [0.717, 1.165) is 6.42 Å². The standard InChI is InChI=1S/C10H18N2/c1-8(2)12-7-5-10(4-6-11)9(12)3/h8-10H,4-5,7H2,1-3H3. The summed E-state index contributed by atoms with van der Waals surface area (Å²) in [6.45, 7) is 7.87. The molecule has 1 saturated heterocycles. The largest absolute Gasteiger partial charge is 0.298 e. The van der Waals surface area contributed by atoms with Crippen LogP contribution in [0.15, 0.2) is 0 Å². The van der Waals surface area contributed by atoms with Gasteiger partial charge in [-0.05, 0) is 39.7 Å². The van der Waals surface area contributed by atoms with Gasteiger partial charge in [-0.15, -0.1) is 0 Å². The molecule has 1 rings (SSSR count). The molecule has 0 amide bonds. The molecule has 2 unspecified atom stereocenters. The molecule has 1 aliphatic heterocycles. The summed E-state index contributed by atoms with van der Waals surface area (Å²) in [5, 5.41) is 8.60. The van der Waals surface area contributed by atoms with Crippen molar-refractivity contribution in [3.8, 4) is 6.07 Å². The van der Waals surface area contributed by atoms with Crippen molar-refractivity contribution in [2.45, 2.75) is 45.7 Å². The minimum absolute atomic E-state index is 0.602. The molecule has 1 heterocycles. The molecule has 2 nitrogen and oxygen atoms in total. The second-order valence-corrected chi connectivity index (χ2v) is 3.98. The first-order valence-electron chi connectivity index (χ1n) is 4.79. The molecule has 2 heteroatoms. The van der Waals surface area contributed by atoms with E-state index in [2.05, 4.69) is 31.7 Å². The molecule has 0 saturated carbocycles. The van der Waals surface area contributed by atoms with Crippen LogP contribution in [0.25, 0.3) is 0 Å². The van der Waals surface area contributed by atoms with E-state index in [1.54, 1.807) is 0 Å². The van der Waals surface area contributed by atoms with Crippen LogP contribution >= 0.6 is 0 Å². The highest BCUT2D eigenvalue weighted by atomic mass is 15.2. The van der Waals surface area contributed by atoms with Gasteiger partial charge in [0.05, 0.1) is 6.07 Å². The van der Waals surface area contributed by atoms with Crippen LogP contribution in [0.2, 0.25) is 0 Å². The van der Waals surface area contributed by atoms with Gasteiger partial charge in [0.25, 0.3) is 0 Å². The first-order valence-corrected chi connectivity index (χ1v) is 4.79. The average molecular weight is 166 g/mol. The van der Waals surface area contributed by atoms with Crippen molar-refractivity contribution in [1.82, 2.24) is 4.90 Å². The topological polar surface area (TPSA) is 27.0 Å². The minimum Gasteiger partial charge on any atom is -0.298 e. The van der Waals surface area contributed by atoms with Gasteiger partial charge in [0.2, 0.25) is 0 Å². The quantitative estimate of drug-likeness (QED) is 0.627. The molecule has 0 radical (unpaired) electrons. The normalized spacial score (nSPS) is 30.9. The molecule has 2 atom stereocenters. The molecule has 0 aromatic heterocycles. The predicted octanol–water partition coefficient (Wildman–Crippen LogP) is 2.02. The minimum atomic E-state index is 0.602. The smallest absolute Gasteiger partial charge is 0.0625 e. The molecule has 0 N–H and O–H groups in total. The van der Waals surface area contributed by atoms with Crippen molar-refractivity contribution < 1.29 is 0 Å². The molecule has 0 aromatic carbocycles. The Morgan fingerprint density at radius 1 is 1.58 bits per heavy atom. The van der Waals surface area contributed by atoms with Crippen molar-refractivity contribution in [3.63, 3.8) is 0 Å². The van der Waals surface area contributed by atoms with Crippen molar-refractivity contribution >= 4 is 0 Å². The summed E-state index contributed by atoms with van der Waals surface area (Å²) in [6, 6.07) is 3.50. The number of nitriles is 1. The van der Waals surface area contributed by atoms with E-state index in [1.165, 1.54) is 13.0 Å². The van der Waals surface area contributed by atoms with E-state index in [1.807, 2.05) is 0 Å². The SMILES string of the molecule is CC(C)N1CCC(CC#N)C1C. The van der Waals surface area contributed by atoms with E-state index in [0.29, 0.717) is 18.0 Å². The maximum atomic E-state index is 8.60. The van der Waals surface area contributed by atoms with Crippen molar-refractivity contribution in [1.29, 1.82) is 5.26 Å². The maximum absolute atomic E-state index is 8.60. The lowest BCUT2D eigenvalue weighted by Gasteiger charge is -2.27. The summed E-state index contributed by atoms with van der Waals surface area (Å²) in [4.78, 5) is 2.49. The third-order valence-corrected chi connectivity index (χ3v) is 2.98. The van der Waals surface area contributed by atoms with Crippen LogP contribution in [0.3, 0.4) is 0 Å². The highest BCUT2D eigenvalue weighted by Crippen LogP contribution is 2.27. The Bertz CT molecular complexity index is 181. The zero-order chi connectivity index (χ0) is 9.14. The third-order valence-electron chi connectivity index (χ3n) is 2.98. The predicted molar refractivity (Wildman–Crippen MR) is 49.6 cm³/mol. The molecule has 0 spiro atoms. The first kappa shape index (κ1) is 9.54. The summed E-state index contributed by atoms with van der Waals surface area (Å²) >= 11 is 0. The van der Waals surface area contributed by atoms with Crippen molar-refractivity contribution in [3.05, 3.63) is 0 Å². The third kappa shape index (κ3) is 1.78. The summed E-state index contributed by atoms with van der Waals surface area (Å²) in [7, 11) is 0. The zero-order valence-electron chi connectivity index (χ0n) is 8.25. The highest BCUT2D eigenvalue weighted by Gasteiger charge is 2.31. The van der Waals surface area contributed by atoms with E-state index in [9.17, 15) is 0 Å². The maximum Gasteiger partial charge on any atom is 0.0625 e. The molecule has 1 aliphatic rings. The van der Waals surface area contributed by atoms with Gasteiger partial charge < -0.3 is 0 Å². The molecular weight excluding hydrogens is 148 g/mol. The highest BCUT2D eigenvalue weighted by molar-refractivity contribution is 4.90. The molecule has 1 fully saturated rings. The Morgan fingerprint density at radius 2 is 2.25 bits per heavy atom. The Balaban J connectivity index is 2.50. The van der Waals surface area contributed by atoms with Crippen LogP contribution in [0.5, 0.6) is 0 Å². The second kappa shape index (κ2) is 3.91. The van der Waals surface area contributed by atoms with Gasteiger partial charge in [0.15, 0.2) is 0 Å². The number of rotatable bonds is 2. The van der Waals surface area contributed by atoms with E-state index < -0.39 is 0 Å². The molecule has 0 aliphatic carbocycles. The lowest BCUT2D eigenvalue weighted by molar-refractivity contribution is 0.196. The van der Waals surface area contributed by atoms with Crippen LogP contribution in [0.1, 0.15) is 33.6 Å². The summed E-state index contributed by atoms with van der Waals surface area (Å²) in [6.07, 6.45) is 1.93. The van der Waals surface area contributed by atoms with Gasteiger partial charge in [0.1, 0.15) is 0 Å². The van der Waals surface area contributed by atoms with Crippen LogP contribution < -0.4 is 0 Å². The molecule has 12 heavy (non-hydrogen) atoms. The van der Waals surface area contributed by atoms with Gasteiger partial charge in [-0.3, -0.25) is 4.90 Å². The number of hydrogen-bond acceptors (Lipinski definition) is 2. The lowest BCUT2D eigenvalue weighted by Crippen LogP contribution is -2.35. The Labute approximate surface area is 75.2 Å². The van der Waals surface area contributed by atoms with Gasteiger partial charge in [-0.25, -0.2) is 0 Å². The number of nitrogens with zero attached hydrogens (tertiary/aromatic N) is 2. The van der Waals surface area contributed by atoms with Crippen molar-refractivity contribution in [2.75, 3.05) is 6.54 Å². The van der Waals surface area contributed by atoms with E-state index in [-0.39, 0.29) is 0 Å². The average Bonchev–Trinajstić information content (AvgIpc) is 2.34. The fourth-order valence-corrected chi connectivity index (χ4v) is 2.15. The van der Waals surface area contributed by atoms with Crippen LogP contribution in [-0.4, -0.2) is 23.5 Å². The second-order valence-electron chi connectivity index (χ2n) is 3.98. The summed E-state index contributed by atoms with van der Waals surface area (Å²) < 4.78 is 0. The first-order chi connectivity index (χ1) is 5.66. The fraction of sp³-hybridized carbons (Fsp3) is 0.900. The number of likely N-dealkylation sites (tertiary alicyclic amines) is 1. The Hall–Kier alpha value is -0.550. The monoisotopic (exact) mass is 166 g/mol. The van der Waals surface area contributed by atoms with E-state index in [4.69, 9.17) is 5.26 Å². The summed E-state index contributed by atoms with van der Waals surface area (Å²) in [5.74, 6) is 0.609. The lowest BCUT2D eigenvalue weighted by atomic mass is 9.98. The van der Waals surface area contributed by atoms with Gasteiger partial charge >= 0.3 is 0 Å².